The summed E-state index contributed by atoms with van der Waals surface area (Å²) in [6.07, 6.45) is 1.87. The highest BCUT2D eigenvalue weighted by atomic mass is 35.5. The Hall–Kier alpha value is -1.84. The predicted molar refractivity (Wildman–Crippen MR) is 122 cm³/mol. The molecule has 1 N–H and O–H groups in total. The van der Waals surface area contributed by atoms with Gasteiger partial charge in [0.15, 0.2) is 6.29 Å². The third kappa shape index (κ3) is 5.55. The van der Waals surface area contributed by atoms with Crippen molar-refractivity contribution in [1.29, 1.82) is 0 Å². The summed E-state index contributed by atoms with van der Waals surface area (Å²) in [5.41, 5.74) is 1.21. The zero-order valence-corrected chi connectivity index (χ0v) is 19.6. The molecule has 2 aliphatic heterocycles. The van der Waals surface area contributed by atoms with Crippen LogP contribution in [0.25, 0.3) is 0 Å². The molecule has 32 heavy (non-hydrogen) atoms. The second-order valence-corrected chi connectivity index (χ2v) is 10.4. The molecule has 172 valence electrons. The molecule has 2 aromatic rings. The van der Waals surface area contributed by atoms with Gasteiger partial charge in [-0.15, -0.1) is 0 Å². The Morgan fingerprint density at radius 1 is 1.00 bits per heavy atom. The van der Waals surface area contributed by atoms with Crippen LogP contribution in [0.2, 0.25) is 10.0 Å². The van der Waals surface area contributed by atoms with E-state index in [4.69, 9.17) is 32.7 Å². The summed E-state index contributed by atoms with van der Waals surface area (Å²) in [7, 11) is -3.81. The minimum atomic E-state index is -3.81. The normalized spacial score (nSPS) is 18.1. The molecule has 4 rings (SSSR count). The highest BCUT2D eigenvalue weighted by Crippen LogP contribution is 2.27. The number of carbonyl (C=O) groups excluding carboxylic acids is 1. The second-order valence-electron chi connectivity index (χ2n) is 7.88. The van der Waals surface area contributed by atoms with Gasteiger partial charge in [0.25, 0.3) is 10.0 Å². The lowest BCUT2D eigenvalue weighted by Gasteiger charge is -2.34. The van der Waals surface area contributed by atoms with Crippen LogP contribution in [0.5, 0.6) is 0 Å². The number of ether oxygens (including phenoxy) is 2. The number of carbonyl (C=O) groups is 1. The number of rotatable bonds is 6. The Morgan fingerprint density at radius 2 is 1.66 bits per heavy atom. The second kappa shape index (κ2) is 9.97. The quantitative estimate of drug-likeness (QED) is 0.651. The van der Waals surface area contributed by atoms with E-state index in [1.54, 1.807) is 24.3 Å². The Morgan fingerprint density at radius 3 is 2.28 bits per heavy atom. The third-order valence-electron chi connectivity index (χ3n) is 5.69. The van der Waals surface area contributed by atoms with E-state index < -0.39 is 10.0 Å². The van der Waals surface area contributed by atoms with Crippen molar-refractivity contribution in [3.63, 3.8) is 0 Å². The largest absolute Gasteiger partial charge is 0.350 e. The SMILES string of the molecule is O=C(Cc1ccc(NS(=O)(=O)c2ccc(Cl)c(Cl)c2)cc1)N1CCC(C2OCCO2)CC1. The molecule has 0 radical (unpaired) electrons. The van der Waals surface area contributed by atoms with Gasteiger partial charge in [-0.1, -0.05) is 35.3 Å². The van der Waals surface area contributed by atoms with Gasteiger partial charge in [0, 0.05) is 24.7 Å². The van der Waals surface area contributed by atoms with Crippen molar-refractivity contribution < 1.29 is 22.7 Å². The minimum Gasteiger partial charge on any atom is -0.350 e. The summed E-state index contributed by atoms with van der Waals surface area (Å²) < 4.78 is 38.8. The zero-order valence-electron chi connectivity index (χ0n) is 17.3. The lowest BCUT2D eigenvalue weighted by Crippen LogP contribution is -2.42. The van der Waals surface area contributed by atoms with Gasteiger partial charge in [-0.25, -0.2) is 8.42 Å². The molecule has 0 atom stereocenters. The van der Waals surface area contributed by atoms with Gasteiger partial charge < -0.3 is 14.4 Å². The van der Waals surface area contributed by atoms with Crippen molar-refractivity contribution in [1.82, 2.24) is 4.90 Å². The summed E-state index contributed by atoms with van der Waals surface area (Å²) in [5.74, 6) is 0.394. The van der Waals surface area contributed by atoms with Crippen LogP contribution in [0.3, 0.4) is 0 Å². The first kappa shape index (κ1) is 23.3. The van der Waals surface area contributed by atoms with E-state index in [9.17, 15) is 13.2 Å². The summed E-state index contributed by atoms with van der Waals surface area (Å²) in [6, 6.07) is 10.9. The molecule has 2 aromatic carbocycles. The maximum atomic E-state index is 12.7. The van der Waals surface area contributed by atoms with Gasteiger partial charge in [-0.3, -0.25) is 9.52 Å². The van der Waals surface area contributed by atoms with Crippen molar-refractivity contribution in [3.05, 3.63) is 58.1 Å². The van der Waals surface area contributed by atoms with Crippen molar-refractivity contribution in [2.24, 2.45) is 5.92 Å². The van der Waals surface area contributed by atoms with E-state index in [0.717, 1.165) is 18.4 Å². The first-order chi connectivity index (χ1) is 15.3. The monoisotopic (exact) mass is 498 g/mol. The van der Waals surface area contributed by atoms with Crippen LogP contribution >= 0.6 is 23.2 Å². The smallest absolute Gasteiger partial charge is 0.261 e. The van der Waals surface area contributed by atoms with Gasteiger partial charge in [0.05, 0.1) is 34.6 Å². The van der Waals surface area contributed by atoms with Crippen molar-refractivity contribution in [2.45, 2.75) is 30.4 Å². The van der Waals surface area contributed by atoms with E-state index >= 15 is 0 Å². The Kier molecular flexibility index (Phi) is 7.27. The number of nitrogens with zero attached hydrogens (tertiary/aromatic N) is 1. The maximum Gasteiger partial charge on any atom is 0.261 e. The summed E-state index contributed by atoms with van der Waals surface area (Å²) >= 11 is 11.8. The predicted octanol–water partition coefficient (Wildman–Crippen LogP) is 3.95. The summed E-state index contributed by atoms with van der Waals surface area (Å²) in [4.78, 5) is 14.6. The van der Waals surface area contributed by atoms with Gasteiger partial charge in [0.2, 0.25) is 5.91 Å². The van der Waals surface area contributed by atoms with Crippen LogP contribution < -0.4 is 4.72 Å². The number of hydrogen-bond acceptors (Lipinski definition) is 5. The highest BCUT2D eigenvalue weighted by Gasteiger charge is 2.31. The molecule has 1 amide bonds. The van der Waals surface area contributed by atoms with E-state index in [-0.39, 0.29) is 33.6 Å². The zero-order chi connectivity index (χ0) is 22.7. The van der Waals surface area contributed by atoms with E-state index in [1.807, 2.05) is 4.90 Å². The fourth-order valence-electron chi connectivity index (χ4n) is 3.90. The molecule has 0 aromatic heterocycles. The number of nitrogens with one attached hydrogen (secondary N) is 1. The van der Waals surface area contributed by atoms with E-state index in [2.05, 4.69) is 4.72 Å². The molecule has 2 saturated heterocycles. The number of likely N-dealkylation sites (tertiary alicyclic amines) is 1. The Balaban J connectivity index is 1.31. The first-order valence-corrected chi connectivity index (χ1v) is 12.6. The highest BCUT2D eigenvalue weighted by molar-refractivity contribution is 7.92. The lowest BCUT2D eigenvalue weighted by atomic mass is 9.95. The first-order valence-electron chi connectivity index (χ1n) is 10.4. The number of amides is 1. The van der Waals surface area contributed by atoms with Crippen molar-refractivity contribution >= 4 is 44.8 Å². The summed E-state index contributed by atoms with van der Waals surface area (Å²) in [5, 5.41) is 0.444. The number of sulfonamides is 1. The van der Waals surface area contributed by atoms with Crippen LogP contribution in [0.15, 0.2) is 47.4 Å². The average molecular weight is 499 g/mol. The number of anilines is 1. The molecular formula is C22H24Cl2N2O5S. The Labute approximate surface area is 197 Å². The fourth-order valence-corrected chi connectivity index (χ4v) is 5.35. The molecule has 0 saturated carbocycles. The van der Waals surface area contributed by atoms with E-state index in [0.29, 0.717) is 37.9 Å². The summed E-state index contributed by atoms with van der Waals surface area (Å²) in [6.45, 7) is 2.66. The van der Waals surface area contributed by atoms with Crippen LogP contribution in [0.1, 0.15) is 18.4 Å². The molecule has 2 fully saturated rings. The topological polar surface area (TPSA) is 84.9 Å². The standard InChI is InChI=1S/C22H24Cl2N2O5S/c23-19-6-5-18(14-20(19)24)32(28,29)25-17-3-1-15(2-4-17)13-21(27)26-9-7-16(8-10-26)22-30-11-12-31-22/h1-6,14,16,22,25H,7-13H2. The molecular weight excluding hydrogens is 475 g/mol. The maximum absolute atomic E-state index is 12.7. The molecule has 7 nitrogen and oxygen atoms in total. The molecule has 2 heterocycles. The molecule has 2 aliphatic rings. The van der Waals surface area contributed by atoms with Crippen LogP contribution in [-0.4, -0.2) is 51.8 Å². The molecule has 0 spiro atoms. The van der Waals surface area contributed by atoms with Crippen LogP contribution in [-0.2, 0) is 30.7 Å². The molecule has 0 unspecified atom stereocenters. The van der Waals surface area contributed by atoms with Gasteiger partial charge in [-0.2, -0.15) is 0 Å². The number of benzene rings is 2. The average Bonchev–Trinajstić information content (AvgIpc) is 3.32. The van der Waals surface area contributed by atoms with Crippen molar-refractivity contribution in [3.8, 4) is 0 Å². The molecule has 10 heteroatoms. The molecule has 0 bridgehead atoms. The van der Waals surface area contributed by atoms with Gasteiger partial charge in [0.1, 0.15) is 0 Å². The van der Waals surface area contributed by atoms with Crippen LogP contribution in [0, 0.1) is 5.92 Å². The van der Waals surface area contributed by atoms with Crippen molar-refractivity contribution in [2.75, 3.05) is 31.0 Å². The Bertz CT molecular complexity index is 1060. The number of hydrogen-bond donors (Lipinski definition) is 1. The van der Waals surface area contributed by atoms with Crippen LogP contribution in [0.4, 0.5) is 5.69 Å². The number of halogens is 2. The molecule has 0 aliphatic carbocycles. The fraction of sp³-hybridized carbons (Fsp3) is 0.409. The van der Waals surface area contributed by atoms with Gasteiger partial charge in [-0.05, 0) is 48.7 Å². The van der Waals surface area contributed by atoms with Gasteiger partial charge >= 0.3 is 0 Å². The lowest BCUT2D eigenvalue weighted by molar-refractivity contribution is -0.136. The number of piperidine rings is 1. The van der Waals surface area contributed by atoms with E-state index in [1.165, 1.54) is 18.2 Å². The minimum absolute atomic E-state index is 0.0166. The third-order valence-corrected chi connectivity index (χ3v) is 7.81.